The van der Waals surface area contributed by atoms with Crippen LogP contribution in [0, 0.1) is 0 Å². The van der Waals surface area contributed by atoms with Crippen LogP contribution in [-0.4, -0.2) is 71.2 Å². The Morgan fingerprint density at radius 1 is 1.30 bits per heavy atom. The number of ether oxygens (including phenoxy) is 1. The molecule has 1 rings (SSSR count). The second kappa shape index (κ2) is 7.59. The lowest BCUT2D eigenvalue weighted by Crippen LogP contribution is -2.52. The molecule has 6 nitrogen and oxygen atoms in total. The summed E-state index contributed by atoms with van der Waals surface area (Å²) in [5, 5.41) is 8.95. The molecule has 20 heavy (non-hydrogen) atoms. The zero-order valence-corrected chi connectivity index (χ0v) is 12.8. The van der Waals surface area contributed by atoms with Crippen molar-refractivity contribution >= 4 is 11.9 Å². The summed E-state index contributed by atoms with van der Waals surface area (Å²) in [6.45, 7) is 9.02. The van der Waals surface area contributed by atoms with Crippen LogP contribution in [0.5, 0.6) is 0 Å². The molecule has 1 heterocycles. The van der Waals surface area contributed by atoms with Gasteiger partial charge in [0.2, 0.25) is 5.91 Å². The molecule has 1 aliphatic heterocycles. The van der Waals surface area contributed by atoms with Crippen molar-refractivity contribution in [2.24, 2.45) is 0 Å². The number of hydrogen-bond acceptors (Lipinski definition) is 4. The number of carboxylic acids is 1. The van der Waals surface area contributed by atoms with E-state index in [-0.39, 0.29) is 37.2 Å². The summed E-state index contributed by atoms with van der Waals surface area (Å²) >= 11 is 0. The third-order valence-corrected chi connectivity index (χ3v) is 3.66. The first-order chi connectivity index (χ1) is 9.33. The van der Waals surface area contributed by atoms with Crippen molar-refractivity contribution < 1.29 is 19.4 Å². The van der Waals surface area contributed by atoms with Gasteiger partial charge in [-0.25, -0.2) is 0 Å². The van der Waals surface area contributed by atoms with Crippen LogP contribution in [0.3, 0.4) is 0 Å². The van der Waals surface area contributed by atoms with E-state index in [9.17, 15) is 9.59 Å². The van der Waals surface area contributed by atoms with E-state index in [0.717, 1.165) is 6.42 Å². The minimum absolute atomic E-state index is 0.0199. The van der Waals surface area contributed by atoms with Gasteiger partial charge in [-0.15, -0.1) is 0 Å². The predicted molar refractivity (Wildman–Crippen MR) is 75.6 cm³/mol. The molecule has 0 spiro atoms. The molecule has 1 aliphatic rings. The molecule has 1 saturated heterocycles. The number of rotatable bonds is 6. The van der Waals surface area contributed by atoms with Crippen molar-refractivity contribution in [2.75, 3.05) is 26.2 Å². The van der Waals surface area contributed by atoms with Gasteiger partial charge in [0, 0.05) is 19.1 Å². The van der Waals surface area contributed by atoms with Crippen LogP contribution in [0.15, 0.2) is 0 Å². The lowest BCUT2D eigenvalue weighted by atomic mass is 10.2. The maximum Gasteiger partial charge on any atom is 0.317 e. The average molecular weight is 286 g/mol. The van der Waals surface area contributed by atoms with Crippen LogP contribution < -0.4 is 0 Å². The van der Waals surface area contributed by atoms with Gasteiger partial charge in [0.05, 0.1) is 25.3 Å². The minimum atomic E-state index is -0.901. The van der Waals surface area contributed by atoms with E-state index in [1.165, 1.54) is 0 Å². The van der Waals surface area contributed by atoms with E-state index >= 15 is 0 Å². The number of morpholine rings is 1. The standard InChI is InChI=1S/C14H26N2O4/c1-5-10(2)15(9-14(18)19)8-13(17)16-6-11(3)20-12(4)7-16/h10-12H,5-9H2,1-4H3,(H,18,19)/t10-,11-,12-/m0/s1. The van der Waals surface area contributed by atoms with Crippen LogP contribution >= 0.6 is 0 Å². The number of nitrogens with zero attached hydrogens (tertiary/aromatic N) is 2. The molecule has 0 bridgehead atoms. The molecule has 1 fully saturated rings. The fraction of sp³-hybridized carbons (Fsp3) is 0.857. The van der Waals surface area contributed by atoms with Crippen molar-refractivity contribution in [3.8, 4) is 0 Å². The Bertz CT molecular complexity index is 338. The lowest BCUT2D eigenvalue weighted by molar-refractivity contribution is -0.146. The highest BCUT2D eigenvalue weighted by Crippen LogP contribution is 2.12. The Morgan fingerprint density at radius 2 is 1.85 bits per heavy atom. The van der Waals surface area contributed by atoms with Crippen molar-refractivity contribution in [1.29, 1.82) is 0 Å². The highest BCUT2D eigenvalue weighted by Gasteiger charge is 2.28. The van der Waals surface area contributed by atoms with Gasteiger partial charge in [0.15, 0.2) is 0 Å². The molecule has 1 amide bonds. The molecule has 3 atom stereocenters. The highest BCUT2D eigenvalue weighted by atomic mass is 16.5. The summed E-state index contributed by atoms with van der Waals surface area (Å²) in [5.41, 5.74) is 0. The van der Waals surface area contributed by atoms with Gasteiger partial charge < -0.3 is 14.7 Å². The summed E-state index contributed by atoms with van der Waals surface area (Å²) in [4.78, 5) is 26.7. The van der Waals surface area contributed by atoms with Crippen molar-refractivity contribution in [2.45, 2.75) is 52.4 Å². The molecule has 6 heteroatoms. The first-order valence-corrected chi connectivity index (χ1v) is 7.22. The summed E-state index contributed by atoms with van der Waals surface area (Å²) in [6, 6.07) is 0.0749. The van der Waals surface area contributed by atoms with E-state index < -0.39 is 5.97 Å². The van der Waals surface area contributed by atoms with Crippen LogP contribution in [0.1, 0.15) is 34.1 Å². The molecule has 0 radical (unpaired) electrons. The van der Waals surface area contributed by atoms with E-state index in [4.69, 9.17) is 9.84 Å². The van der Waals surface area contributed by atoms with Crippen molar-refractivity contribution in [3.05, 3.63) is 0 Å². The number of carbonyl (C=O) groups is 2. The van der Waals surface area contributed by atoms with Crippen molar-refractivity contribution in [3.63, 3.8) is 0 Å². The molecule has 0 saturated carbocycles. The average Bonchev–Trinajstić information content (AvgIpc) is 2.35. The Balaban J connectivity index is 2.62. The number of carboxylic acid groups (broad SMARTS) is 1. The molecule has 0 aromatic carbocycles. The Hall–Kier alpha value is -1.14. The third kappa shape index (κ3) is 5.09. The molecular formula is C14H26N2O4. The Kier molecular flexibility index (Phi) is 6.42. The van der Waals surface area contributed by atoms with Gasteiger partial charge in [0.1, 0.15) is 0 Å². The molecule has 0 aromatic heterocycles. The second-order valence-electron chi connectivity index (χ2n) is 5.61. The molecule has 0 aromatic rings. The van der Waals surface area contributed by atoms with Gasteiger partial charge in [-0.3, -0.25) is 14.5 Å². The smallest absolute Gasteiger partial charge is 0.317 e. The van der Waals surface area contributed by atoms with E-state index in [1.54, 1.807) is 9.80 Å². The zero-order valence-electron chi connectivity index (χ0n) is 12.8. The summed E-state index contributed by atoms with van der Waals surface area (Å²) < 4.78 is 5.60. The fourth-order valence-corrected chi connectivity index (χ4v) is 2.45. The molecule has 0 unspecified atom stereocenters. The van der Waals surface area contributed by atoms with E-state index in [0.29, 0.717) is 13.1 Å². The van der Waals surface area contributed by atoms with E-state index in [2.05, 4.69) is 0 Å². The first kappa shape index (κ1) is 16.9. The van der Waals surface area contributed by atoms with Crippen LogP contribution in [0.2, 0.25) is 0 Å². The fourth-order valence-electron chi connectivity index (χ4n) is 2.45. The van der Waals surface area contributed by atoms with Gasteiger partial charge in [-0.2, -0.15) is 0 Å². The molecule has 1 N–H and O–H groups in total. The summed E-state index contributed by atoms with van der Waals surface area (Å²) in [5.74, 6) is -0.921. The molecule has 116 valence electrons. The normalized spacial score (nSPS) is 24.8. The number of carbonyl (C=O) groups excluding carboxylic acids is 1. The number of hydrogen-bond donors (Lipinski definition) is 1. The van der Waals surface area contributed by atoms with Crippen LogP contribution in [-0.2, 0) is 14.3 Å². The Morgan fingerprint density at radius 3 is 2.30 bits per heavy atom. The quantitative estimate of drug-likeness (QED) is 0.782. The van der Waals surface area contributed by atoms with E-state index in [1.807, 2.05) is 27.7 Å². The predicted octanol–water partition coefficient (Wildman–Crippen LogP) is 0.807. The van der Waals surface area contributed by atoms with Gasteiger partial charge in [-0.1, -0.05) is 6.92 Å². The van der Waals surface area contributed by atoms with Gasteiger partial charge in [0.25, 0.3) is 0 Å². The summed E-state index contributed by atoms with van der Waals surface area (Å²) in [7, 11) is 0. The SMILES string of the molecule is CC[C@H](C)N(CC(=O)O)CC(=O)N1C[C@H](C)O[C@@H](C)C1. The minimum Gasteiger partial charge on any atom is -0.480 e. The van der Waals surface area contributed by atoms with Crippen LogP contribution in [0.25, 0.3) is 0 Å². The van der Waals surface area contributed by atoms with Crippen molar-refractivity contribution in [1.82, 2.24) is 9.80 Å². The molecular weight excluding hydrogens is 260 g/mol. The monoisotopic (exact) mass is 286 g/mol. The first-order valence-electron chi connectivity index (χ1n) is 7.22. The lowest BCUT2D eigenvalue weighted by Gasteiger charge is -2.37. The summed E-state index contributed by atoms with van der Waals surface area (Å²) in [6.07, 6.45) is 0.870. The second-order valence-corrected chi connectivity index (χ2v) is 5.61. The maximum atomic E-state index is 12.3. The number of amides is 1. The molecule has 0 aliphatic carbocycles. The zero-order chi connectivity index (χ0) is 15.3. The maximum absolute atomic E-state index is 12.3. The number of aliphatic carboxylic acids is 1. The Labute approximate surface area is 120 Å². The largest absolute Gasteiger partial charge is 0.480 e. The topological polar surface area (TPSA) is 70.1 Å². The van der Waals surface area contributed by atoms with Gasteiger partial charge >= 0.3 is 5.97 Å². The van der Waals surface area contributed by atoms with Crippen LogP contribution in [0.4, 0.5) is 0 Å². The highest BCUT2D eigenvalue weighted by molar-refractivity contribution is 5.79. The van der Waals surface area contributed by atoms with Gasteiger partial charge in [-0.05, 0) is 27.2 Å². The third-order valence-electron chi connectivity index (χ3n) is 3.66.